The molecule has 0 fully saturated rings. The van der Waals surface area contributed by atoms with Gasteiger partial charge in [0.2, 0.25) is 0 Å². The van der Waals surface area contributed by atoms with Gasteiger partial charge < -0.3 is 5.73 Å². The van der Waals surface area contributed by atoms with Gasteiger partial charge in [-0.25, -0.2) is 0 Å². The van der Waals surface area contributed by atoms with Crippen molar-refractivity contribution in [2.24, 2.45) is 5.73 Å². The van der Waals surface area contributed by atoms with Crippen LogP contribution < -0.4 is 5.73 Å². The molecule has 0 aromatic heterocycles. The largest absolute Gasteiger partial charge is 0.330 e. The molecule has 2 N–H and O–H groups in total. The van der Waals surface area contributed by atoms with Crippen LogP contribution in [0.3, 0.4) is 0 Å². The highest BCUT2D eigenvalue weighted by Gasteiger charge is 1.84. The number of hydrogen-bond donors (Lipinski definition) is 1. The first kappa shape index (κ1) is 9.05. The van der Waals surface area contributed by atoms with Crippen LogP contribution in [0.1, 0.15) is 12.8 Å². The summed E-state index contributed by atoms with van der Waals surface area (Å²) >= 11 is 1.92. The van der Waals surface area contributed by atoms with Crippen molar-refractivity contribution in [3.63, 3.8) is 0 Å². The van der Waals surface area contributed by atoms with Gasteiger partial charge in [-0.15, -0.1) is 6.58 Å². The summed E-state index contributed by atoms with van der Waals surface area (Å²) in [6.45, 7) is 4.45. The lowest BCUT2D eigenvalue weighted by Gasteiger charge is -1.95. The van der Waals surface area contributed by atoms with Gasteiger partial charge in [0, 0.05) is 12.3 Å². The summed E-state index contributed by atoms with van der Waals surface area (Å²) in [5.41, 5.74) is 5.30. The van der Waals surface area contributed by atoms with Crippen LogP contribution >= 0.6 is 11.8 Å². The zero-order valence-electron chi connectivity index (χ0n) is 5.81. The first-order valence-corrected chi connectivity index (χ1v) is 4.46. The quantitative estimate of drug-likeness (QED) is 0.454. The van der Waals surface area contributed by atoms with Crippen molar-refractivity contribution >= 4 is 11.8 Å². The van der Waals surface area contributed by atoms with Crippen molar-refractivity contribution in [3.8, 4) is 0 Å². The highest BCUT2D eigenvalue weighted by atomic mass is 32.2. The third-order valence-electron chi connectivity index (χ3n) is 0.959. The van der Waals surface area contributed by atoms with E-state index in [0.717, 1.165) is 18.7 Å². The Morgan fingerprint density at radius 3 is 2.78 bits per heavy atom. The summed E-state index contributed by atoms with van der Waals surface area (Å²) in [5, 5.41) is 0. The van der Waals surface area contributed by atoms with E-state index in [4.69, 9.17) is 5.73 Å². The molecule has 54 valence electrons. The Balaban J connectivity index is 2.66. The summed E-state index contributed by atoms with van der Waals surface area (Å²) < 4.78 is 0. The summed E-state index contributed by atoms with van der Waals surface area (Å²) in [5.74, 6) is 2.32. The highest BCUT2D eigenvalue weighted by Crippen LogP contribution is 2.02. The third kappa shape index (κ3) is 8.05. The maximum Gasteiger partial charge on any atom is 0.00558 e. The van der Waals surface area contributed by atoms with Gasteiger partial charge in [-0.3, -0.25) is 0 Å². The average molecular weight is 145 g/mol. The molecule has 0 aliphatic heterocycles. The van der Waals surface area contributed by atoms with E-state index in [2.05, 4.69) is 6.58 Å². The van der Waals surface area contributed by atoms with Gasteiger partial charge in [-0.2, -0.15) is 11.8 Å². The predicted octanol–water partition coefficient (Wildman–Crippen LogP) is 1.64. The number of rotatable bonds is 6. The normalized spacial score (nSPS) is 9.44. The second-order valence-electron chi connectivity index (χ2n) is 1.83. The van der Waals surface area contributed by atoms with Gasteiger partial charge in [-0.1, -0.05) is 6.08 Å². The molecule has 0 atom stereocenters. The zero-order valence-corrected chi connectivity index (χ0v) is 6.62. The average Bonchev–Trinajstić information content (AvgIpc) is 1.89. The number of nitrogens with two attached hydrogens (primary N) is 1. The lowest BCUT2D eigenvalue weighted by molar-refractivity contribution is 0.972. The van der Waals surface area contributed by atoms with Crippen LogP contribution in [-0.2, 0) is 0 Å². The van der Waals surface area contributed by atoms with Gasteiger partial charge in [0.05, 0.1) is 0 Å². The molecule has 0 amide bonds. The molecule has 0 radical (unpaired) electrons. The minimum Gasteiger partial charge on any atom is -0.330 e. The van der Waals surface area contributed by atoms with Gasteiger partial charge in [0.15, 0.2) is 0 Å². The molecule has 0 bridgehead atoms. The van der Waals surface area contributed by atoms with E-state index in [9.17, 15) is 0 Å². The van der Waals surface area contributed by atoms with Crippen LogP contribution in [0.2, 0.25) is 0 Å². The summed E-state index contributed by atoms with van der Waals surface area (Å²) in [7, 11) is 0. The summed E-state index contributed by atoms with van der Waals surface area (Å²) in [4.78, 5) is 0. The number of thioether (sulfide) groups is 1. The van der Waals surface area contributed by atoms with Crippen molar-refractivity contribution in [2.75, 3.05) is 18.1 Å². The molecule has 0 aromatic rings. The van der Waals surface area contributed by atoms with Crippen molar-refractivity contribution in [1.82, 2.24) is 0 Å². The molecule has 0 aliphatic rings. The molecular weight excluding hydrogens is 130 g/mol. The van der Waals surface area contributed by atoms with Crippen LogP contribution in [-0.4, -0.2) is 18.1 Å². The first-order valence-electron chi connectivity index (χ1n) is 3.30. The maximum absolute atomic E-state index is 5.30. The molecule has 2 heteroatoms. The molecule has 0 aromatic carbocycles. The standard InChI is InChI=1S/C7H15NS/c1-2-3-4-6-9-7-5-8/h2H,1,3-8H2. The summed E-state index contributed by atoms with van der Waals surface area (Å²) in [6.07, 6.45) is 4.34. The molecule has 0 aliphatic carbocycles. The van der Waals surface area contributed by atoms with E-state index in [-0.39, 0.29) is 0 Å². The van der Waals surface area contributed by atoms with Crippen LogP contribution in [0, 0.1) is 0 Å². The lowest BCUT2D eigenvalue weighted by atomic mass is 10.3. The zero-order chi connectivity index (χ0) is 6.95. The topological polar surface area (TPSA) is 26.0 Å². The Bertz CT molecular complexity index is 63.9. The second-order valence-corrected chi connectivity index (χ2v) is 3.06. The van der Waals surface area contributed by atoms with Gasteiger partial charge in [0.25, 0.3) is 0 Å². The lowest BCUT2D eigenvalue weighted by Crippen LogP contribution is -2.01. The Kier molecular flexibility index (Phi) is 8.09. The number of unbranched alkanes of at least 4 members (excludes halogenated alkanes) is 1. The number of allylic oxidation sites excluding steroid dienone is 1. The Morgan fingerprint density at radius 1 is 1.44 bits per heavy atom. The Hall–Kier alpha value is 0.0500. The first-order chi connectivity index (χ1) is 4.41. The van der Waals surface area contributed by atoms with E-state index in [1.165, 1.54) is 12.2 Å². The Labute approximate surface area is 61.7 Å². The van der Waals surface area contributed by atoms with Crippen molar-refractivity contribution in [3.05, 3.63) is 12.7 Å². The van der Waals surface area contributed by atoms with Crippen LogP contribution in [0.4, 0.5) is 0 Å². The number of hydrogen-bond acceptors (Lipinski definition) is 2. The van der Waals surface area contributed by atoms with E-state index in [0.29, 0.717) is 0 Å². The monoisotopic (exact) mass is 145 g/mol. The van der Waals surface area contributed by atoms with Gasteiger partial charge in [0.1, 0.15) is 0 Å². The van der Waals surface area contributed by atoms with Crippen molar-refractivity contribution in [2.45, 2.75) is 12.8 Å². The molecule has 0 spiro atoms. The third-order valence-corrected chi connectivity index (χ3v) is 2.06. The molecule has 0 saturated heterocycles. The molecule has 0 saturated carbocycles. The predicted molar refractivity (Wildman–Crippen MR) is 45.8 cm³/mol. The molecule has 0 rings (SSSR count). The fourth-order valence-electron chi connectivity index (χ4n) is 0.515. The molecule has 0 unspecified atom stereocenters. The Morgan fingerprint density at radius 2 is 2.22 bits per heavy atom. The van der Waals surface area contributed by atoms with Crippen LogP contribution in [0.25, 0.3) is 0 Å². The fraction of sp³-hybridized carbons (Fsp3) is 0.714. The van der Waals surface area contributed by atoms with E-state index >= 15 is 0 Å². The van der Waals surface area contributed by atoms with E-state index in [1.54, 1.807) is 0 Å². The van der Waals surface area contributed by atoms with Crippen LogP contribution in [0.5, 0.6) is 0 Å². The van der Waals surface area contributed by atoms with Crippen molar-refractivity contribution < 1.29 is 0 Å². The van der Waals surface area contributed by atoms with E-state index < -0.39 is 0 Å². The second kappa shape index (κ2) is 8.05. The van der Waals surface area contributed by atoms with Gasteiger partial charge in [-0.05, 0) is 18.6 Å². The minimum atomic E-state index is 0.804. The van der Waals surface area contributed by atoms with E-state index in [1.807, 2.05) is 17.8 Å². The van der Waals surface area contributed by atoms with Crippen molar-refractivity contribution in [1.29, 1.82) is 0 Å². The highest BCUT2D eigenvalue weighted by molar-refractivity contribution is 7.99. The SMILES string of the molecule is C=CCCCSCCN. The molecule has 0 heterocycles. The molecule has 1 nitrogen and oxygen atoms in total. The molecule has 9 heavy (non-hydrogen) atoms. The maximum atomic E-state index is 5.30. The van der Waals surface area contributed by atoms with Crippen LogP contribution in [0.15, 0.2) is 12.7 Å². The summed E-state index contributed by atoms with van der Waals surface area (Å²) in [6, 6.07) is 0. The molecular formula is C7H15NS. The fourth-order valence-corrected chi connectivity index (χ4v) is 1.26. The minimum absolute atomic E-state index is 0.804. The smallest absolute Gasteiger partial charge is 0.00558 e. The van der Waals surface area contributed by atoms with Gasteiger partial charge >= 0.3 is 0 Å².